The molecule has 21 heavy (non-hydrogen) atoms. The second-order valence-electron chi connectivity index (χ2n) is 6.17. The first-order valence-electron chi connectivity index (χ1n) is 7.72. The third kappa shape index (κ3) is 4.53. The number of hydrogen-bond acceptors (Lipinski definition) is 3. The lowest BCUT2D eigenvalue weighted by molar-refractivity contribution is -0.151. The molecule has 0 aliphatic carbocycles. The van der Waals surface area contributed by atoms with Gasteiger partial charge in [0.25, 0.3) is 0 Å². The molecule has 1 aliphatic heterocycles. The fraction of sp³-hybridized carbons (Fsp3) is 0.867. The van der Waals surface area contributed by atoms with Crippen LogP contribution in [-0.2, 0) is 20.4 Å². The number of piperazine rings is 1. The van der Waals surface area contributed by atoms with Crippen LogP contribution < -0.4 is 5.32 Å². The van der Waals surface area contributed by atoms with Crippen molar-refractivity contribution in [1.29, 1.82) is 0 Å². The van der Waals surface area contributed by atoms with E-state index in [9.17, 15) is 13.8 Å². The minimum atomic E-state index is -0.907. The molecule has 4 atom stereocenters. The van der Waals surface area contributed by atoms with Crippen LogP contribution in [-0.4, -0.2) is 51.1 Å². The Morgan fingerprint density at radius 3 is 2.38 bits per heavy atom. The molecule has 0 spiro atoms. The predicted molar refractivity (Wildman–Crippen MR) is 85.3 cm³/mol. The van der Waals surface area contributed by atoms with Crippen LogP contribution in [0.3, 0.4) is 0 Å². The molecule has 1 rings (SSSR count). The molecule has 1 fully saturated rings. The Hall–Kier alpha value is -0.910. The van der Waals surface area contributed by atoms with Crippen molar-refractivity contribution in [3.05, 3.63) is 0 Å². The molecule has 6 heteroatoms. The smallest absolute Gasteiger partial charge is 0.245 e. The number of nitrogens with zero attached hydrogens (tertiary/aromatic N) is 1. The Bertz CT molecular complexity index is 412. The van der Waals surface area contributed by atoms with Crippen LogP contribution in [0.2, 0.25) is 0 Å². The van der Waals surface area contributed by atoms with Gasteiger partial charge in [-0.1, -0.05) is 34.1 Å². The van der Waals surface area contributed by atoms with E-state index in [1.54, 1.807) is 11.2 Å². The van der Waals surface area contributed by atoms with Gasteiger partial charge in [-0.15, -0.1) is 0 Å². The standard InChI is InChI=1S/C15H28N2O3S/c1-6-7-12-15(19)17(9-8-11(4)21(5)20)13(10(2)3)14(18)16-12/h10-13H,6-9H2,1-5H3,(H,16,18). The summed E-state index contributed by atoms with van der Waals surface area (Å²) in [4.78, 5) is 26.6. The highest BCUT2D eigenvalue weighted by Crippen LogP contribution is 2.20. The van der Waals surface area contributed by atoms with E-state index in [0.29, 0.717) is 19.4 Å². The van der Waals surface area contributed by atoms with E-state index in [1.807, 2.05) is 27.7 Å². The Kier molecular flexibility index (Phi) is 6.84. The van der Waals surface area contributed by atoms with Crippen molar-refractivity contribution in [2.45, 2.75) is 64.3 Å². The largest absolute Gasteiger partial charge is 0.342 e. The van der Waals surface area contributed by atoms with E-state index >= 15 is 0 Å². The lowest BCUT2D eigenvalue weighted by Crippen LogP contribution is -2.65. The van der Waals surface area contributed by atoms with Gasteiger partial charge in [0, 0.05) is 28.9 Å². The van der Waals surface area contributed by atoms with Gasteiger partial charge in [0.1, 0.15) is 12.1 Å². The summed E-state index contributed by atoms with van der Waals surface area (Å²) in [7, 11) is -0.907. The third-order valence-electron chi connectivity index (χ3n) is 4.05. The summed E-state index contributed by atoms with van der Waals surface area (Å²) < 4.78 is 11.5. The average Bonchev–Trinajstić information content (AvgIpc) is 2.39. The van der Waals surface area contributed by atoms with E-state index in [1.165, 1.54) is 0 Å². The zero-order chi connectivity index (χ0) is 16.2. The lowest BCUT2D eigenvalue weighted by atomic mass is 9.95. The van der Waals surface area contributed by atoms with Gasteiger partial charge in [-0.25, -0.2) is 0 Å². The van der Waals surface area contributed by atoms with Crippen LogP contribution in [0.5, 0.6) is 0 Å². The normalized spacial score (nSPS) is 25.9. The maximum Gasteiger partial charge on any atom is 0.245 e. The first-order valence-corrected chi connectivity index (χ1v) is 9.34. The Morgan fingerprint density at radius 1 is 1.29 bits per heavy atom. The number of carbonyl (C=O) groups excluding carboxylic acids is 2. The minimum Gasteiger partial charge on any atom is -0.342 e. The third-order valence-corrected chi connectivity index (χ3v) is 5.42. The molecular formula is C15H28N2O3S. The number of amides is 2. The molecule has 1 heterocycles. The highest BCUT2D eigenvalue weighted by Gasteiger charge is 2.41. The Labute approximate surface area is 130 Å². The molecule has 4 unspecified atom stereocenters. The first-order chi connectivity index (χ1) is 9.79. The Balaban J connectivity index is 2.87. The molecule has 0 saturated carbocycles. The predicted octanol–water partition coefficient (Wildman–Crippen LogP) is 1.30. The van der Waals surface area contributed by atoms with E-state index in [4.69, 9.17) is 0 Å². The highest BCUT2D eigenvalue weighted by atomic mass is 32.2. The van der Waals surface area contributed by atoms with Gasteiger partial charge in [-0.2, -0.15) is 0 Å². The van der Waals surface area contributed by atoms with Gasteiger partial charge >= 0.3 is 0 Å². The summed E-state index contributed by atoms with van der Waals surface area (Å²) in [6.45, 7) is 8.31. The van der Waals surface area contributed by atoms with Crippen molar-refractivity contribution in [2.75, 3.05) is 12.8 Å². The van der Waals surface area contributed by atoms with E-state index < -0.39 is 22.9 Å². The minimum absolute atomic E-state index is 0.00392. The molecule has 0 aromatic rings. The summed E-state index contributed by atoms with van der Waals surface area (Å²) in [5, 5.41) is 2.88. The van der Waals surface area contributed by atoms with Gasteiger partial charge in [-0.3, -0.25) is 13.8 Å². The van der Waals surface area contributed by atoms with Gasteiger partial charge in [-0.05, 0) is 18.8 Å². The molecule has 1 N–H and O–H groups in total. The fourth-order valence-corrected chi connectivity index (χ4v) is 3.12. The van der Waals surface area contributed by atoms with Gasteiger partial charge in [0.05, 0.1) is 0 Å². The Morgan fingerprint density at radius 2 is 1.90 bits per heavy atom. The molecule has 0 aromatic heterocycles. The molecule has 0 bridgehead atoms. The number of hydrogen-bond donors (Lipinski definition) is 1. The molecule has 122 valence electrons. The fourth-order valence-electron chi connectivity index (χ4n) is 2.68. The maximum atomic E-state index is 12.6. The zero-order valence-electron chi connectivity index (χ0n) is 13.7. The SMILES string of the molecule is CCCC1NC(=O)C(C(C)C)N(CCC(C)S(C)=O)C1=O. The zero-order valence-corrected chi connectivity index (χ0v) is 14.5. The first kappa shape index (κ1) is 18.1. The summed E-state index contributed by atoms with van der Waals surface area (Å²) in [5.74, 6) is 0.0107. The van der Waals surface area contributed by atoms with Crippen molar-refractivity contribution in [2.24, 2.45) is 5.92 Å². The van der Waals surface area contributed by atoms with Crippen LogP contribution in [0.4, 0.5) is 0 Å². The van der Waals surface area contributed by atoms with Gasteiger partial charge < -0.3 is 10.2 Å². The topological polar surface area (TPSA) is 66.5 Å². The number of rotatable bonds is 7. The molecule has 5 nitrogen and oxygen atoms in total. The van der Waals surface area contributed by atoms with E-state index in [2.05, 4.69) is 5.32 Å². The molecule has 1 saturated heterocycles. The van der Waals surface area contributed by atoms with Gasteiger partial charge in [0.15, 0.2) is 0 Å². The molecule has 0 aromatic carbocycles. The van der Waals surface area contributed by atoms with E-state index in [0.717, 1.165) is 6.42 Å². The molecule has 2 amide bonds. The van der Waals surface area contributed by atoms with Crippen LogP contribution in [0.25, 0.3) is 0 Å². The highest BCUT2D eigenvalue weighted by molar-refractivity contribution is 7.84. The summed E-state index contributed by atoms with van der Waals surface area (Å²) in [5.41, 5.74) is 0. The van der Waals surface area contributed by atoms with Crippen LogP contribution in [0, 0.1) is 5.92 Å². The molecule has 0 radical (unpaired) electrons. The maximum absolute atomic E-state index is 12.6. The summed E-state index contributed by atoms with van der Waals surface area (Å²) in [6.07, 6.45) is 3.85. The van der Waals surface area contributed by atoms with Crippen LogP contribution in [0.1, 0.15) is 47.0 Å². The summed E-state index contributed by atoms with van der Waals surface area (Å²) in [6, 6.07) is -0.817. The van der Waals surface area contributed by atoms with Crippen LogP contribution >= 0.6 is 0 Å². The average molecular weight is 316 g/mol. The van der Waals surface area contributed by atoms with Gasteiger partial charge in [0.2, 0.25) is 11.8 Å². The van der Waals surface area contributed by atoms with Crippen LogP contribution in [0.15, 0.2) is 0 Å². The van der Waals surface area contributed by atoms with Crippen molar-refractivity contribution < 1.29 is 13.8 Å². The second kappa shape index (κ2) is 7.92. The number of nitrogens with one attached hydrogen (secondary N) is 1. The van der Waals surface area contributed by atoms with Crippen molar-refractivity contribution in [1.82, 2.24) is 10.2 Å². The van der Waals surface area contributed by atoms with Crippen molar-refractivity contribution in [3.63, 3.8) is 0 Å². The second-order valence-corrected chi connectivity index (χ2v) is 7.97. The molecule has 1 aliphatic rings. The number of carbonyl (C=O) groups is 2. The van der Waals surface area contributed by atoms with Crippen molar-refractivity contribution in [3.8, 4) is 0 Å². The van der Waals surface area contributed by atoms with E-state index in [-0.39, 0.29) is 23.0 Å². The summed E-state index contributed by atoms with van der Waals surface area (Å²) >= 11 is 0. The molecular weight excluding hydrogens is 288 g/mol. The monoisotopic (exact) mass is 316 g/mol. The quantitative estimate of drug-likeness (QED) is 0.770. The van der Waals surface area contributed by atoms with Crippen molar-refractivity contribution >= 4 is 22.6 Å². The lowest BCUT2D eigenvalue weighted by Gasteiger charge is -2.41.